The van der Waals surface area contributed by atoms with Crippen molar-refractivity contribution in [2.75, 3.05) is 25.0 Å². The fourth-order valence-corrected chi connectivity index (χ4v) is 1.72. The molecule has 1 atom stereocenters. The molecule has 0 saturated heterocycles. The Morgan fingerprint density at radius 1 is 1.50 bits per heavy atom. The van der Waals surface area contributed by atoms with Gasteiger partial charge in [-0.1, -0.05) is 18.5 Å². The smallest absolute Gasteiger partial charge is 0.303 e. The molecule has 110 valence electrons. The maximum absolute atomic E-state index is 11.7. The first-order valence-corrected chi connectivity index (χ1v) is 6.57. The molecule has 0 fully saturated rings. The minimum Gasteiger partial charge on any atom is -0.481 e. The van der Waals surface area contributed by atoms with Crippen molar-refractivity contribution in [3.8, 4) is 0 Å². The zero-order chi connectivity index (χ0) is 15.1. The summed E-state index contributed by atoms with van der Waals surface area (Å²) in [6.07, 6.45) is 1.55. The number of likely N-dealkylation sites (N-methyl/N-ethyl adjacent to an activating group) is 1. The van der Waals surface area contributed by atoms with Gasteiger partial charge in [-0.3, -0.25) is 9.59 Å². The second kappa shape index (κ2) is 7.69. The van der Waals surface area contributed by atoms with Crippen LogP contribution < -0.4 is 10.2 Å². The highest BCUT2D eigenvalue weighted by Crippen LogP contribution is 2.12. The van der Waals surface area contributed by atoms with Gasteiger partial charge >= 0.3 is 5.97 Å². The Balaban J connectivity index is 2.38. The van der Waals surface area contributed by atoms with E-state index < -0.39 is 5.97 Å². The van der Waals surface area contributed by atoms with Crippen molar-refractivity contribution in [1.29, 1.82) is 0 Å². The lowest BCUT2D eigenvalue weighted by Crippen LogP contribution is -2.37. The fraction of sp³-hybridized carbons (Fsp3) is 0.462. The standard InChI is InChI=1S/C13H18ClN3O3/c1-9(5-13(19)20)6-16-12(18)8-17(2)11-4-3-10(14)7-15-11/h3-4,7,9H,5-6,8H2,1-2H3,(H,16,18)(H,19,20). The summed E-state index contributed by atoms with van der Waals surface area (Å²) >= 11 is 5.74. The number of amides is 1. The lowest BCUT2D eigenvalue weighted by molar-refractivity contribution is -0.138. The summed E-state index contributed by atoms with van der Waals surface area (Å²) in [7, 11) is 1.75. The first kappa shape index (κ1) is 16.2. The Morgan fingerprint density at radius 2 is 2.20 bits per heavy atom. The molecule has 0 spiro atoms. The highest BCUT2D eigenvalue weighted by molar-refractivity contribution is 6.30. The monoisotopic (exact) mass is 299 g/mol. The van der Waals surface area contributed by atoms with E-state index in [1.807, 2.05) is 0 Å². The molecule has 1 aromatic rings. The second-order valence-corrected chi connectivity index (χ2v) is 5.13. The third-order valence-electron chi connectivity index (χ3n) is 2.65. The van der Waals surface area contributed by atoms with E-state index in [9.17, 15) is 9.59 Å². The molecule has 2 N–H and O–H groups in total. The van der Waals surface area contributed by atoms with E-state index in [1.54, 1.807) is 31.0 Å². The van der Waals surface area contributed by atoms with Gasteiger partial charge in [0.05, 0.1) is 11.6 Å². The van der Waals surface area contributed by atoms with Crippen molar-refractivity contribution in [3.05, 3.63) is 23.4 Å². The van der Waals surface area contributed by atoms with Crippen LogP contribution in [0.3, 0.4) is 0 Å². The van der Waals surface area contributed by atoms with Gasteiger partial charge in [-0.05, 0) is 18.1 Å². The molecule has 0 radical (unpaired) electrons. The number of aliphatic carboxylic acids is 1. The van der Waals surface area contributed by atoms with E-state index in [1.165, 1.54) is 6.20 Å². The number of carbonyl (C=O) groups is 2. The number of carboxylic acids is 1. The van der Waals surface area contributed by atoms with Crippen LogP contribution in [0.15, 0.2) is 18.3 Å². The summed E-state index contributed by atoms with van der Waals surface area (Å²) < 4.78 is 0. The highest BCUT2D eigenvalue weighted by atomic mass is 35.5. The predicted molar refractivity (Wildman–Crippen MR) is 76.9 cm³/mol. The summed E-state index contributed by atoms with van der Waals surface area (Å²) in [4.78, 5) is 28.0. The van der Waals surface area contributed by atoms with Crippen LogP contribution in [0.1, 0.15) is 13.3 Å². The summed E-state index contributed by atoms with van der Waals surface area (Å²) in [5, 5.41) is 11.9. The van der Waals surface area contributed by atoms with Crippen molar-refractivity contribution >= 4 is 29.3 Å². The molecule has 0 aliphatic heterocycles. The number of hydrogen-bond donors (Lipinski definition) is 2. The normalized spacial score (nSPS) is 11.8. The van der Waals surface area contributed by atoms with E-state index in [0.717, 1.165) is 0 Å². The molecule has 7 heteroatoms. The van der Waals surface area contributed by atoms with E-state index in [0.29, 0.717) is 17.4 Å². The lowest BCUT2D eigenvalue weighted by atomic mass is 10.1. The Kier molecular flexibility index (Phi) is 6.24. The number of carbonyl (C=O) groups excluding carboxylic acids is 1. The van der Waals surface area contributed by atoms with Crippen molar-refractivity contribution in [2.45, 2.75) is 13.3 Å². The Labute approximate surface area is 122 Å². The van der Waals surface area contributed by atoms with Crippen LogP contribution in [-0.4, -0.2) is 42.1 Å². The van der Waals surface area contributed by atoms with Crippen molar-refractivity contribution in [1.82, 2.24) is 10.3 Å². The molecular formula is C13H18ClN3O3. The number of carboxylic acid groups (broad SMARTS) is 1. The number of rotatable bonds is 7. The first-order valence-electron chi connectivity index (χ1n) is 6.19. The molecule has 20 heavy (non-hydrogen) atoms. The lowest BCUT2D eigenvalue weighted by Gasteiger charge is -2.18. The van der Waals surface area contributed by atoms with Gasteiger partial charge in [0.2, 0.25) is 5.91 Å². The summed E-state index contributed by atoms with van der Waals surface area (Å²) in [5.74, 6) is -0.505. The Bertz CT molecular complexity index is 464. The quantitative estimate of drug-likeness (QED) is 0.795. The molecule has 0 aromatic carbocycles. The molecule has 1 heterocycles. The van der Waals surface area contributed by atoms with Crippen molar-refractivity contribution < 1.29 is 14.7 Å². The summed E-state index contributed by atoms with van der Waals surface area (Å²) in [6, 6.07) is 3.43. The number of aromatic nitrogens is 1. The van der Waals surface area contributed by atoms with Crippen LogP contribution >= 0.6 is 11.6 Å². The highest BCUT2D eigenvalue weighted by Gasteiger charge is 2.11. The van der Waals surface area contributed by atoms with Gasteiger partial charge in [0, 0.05) is 26.2 Å². The van der Waals surface area contributed by atoms with Gasteiger partial charge in [-0.2, -0.15) is 0 Å². The average molecular weight is 300 g/mol. The maximum Gasteiger partial charge on any atom is 0.303 e. The fourth-order valence-electron chi connectivity index (χ4n) is 1.60. The Morgan fingerprint density at radius 3 is 2.75 bits per heavy atom. The van der Waals surface area contributed by atoms with Crippen LogP contribution in [-0.2, 0) is 9.59 Å². The largest absolute Gasteiger partial charge is 0.481 e. The van der Waals surface area contributed by atoms with Crippen molar-refractivity contribution in [2.24, 2.45) is 5.92 Å². The summed E-state index contributed by atoms with van der Waals surface area (Å²) in [5.41, 5.74) is 0. The van der Waals surface area contributed by atoms with Gasteiger partial charge in [0.25, 0.3) is 0 Å². The zero-order valence-electron chi connectivity index (χ0n) is 11.5. The molecule has 0 bridgehead atoms. The van der Waals surface area contributed by atoms with Gasteiger partial charge in [0.15, 0.2) is 0 Å². The Hall–Kier alpha value is -1.82. The molecule has 1 amide bonds. The number of anilines is 1. The molecular weight excluding hydrogens is 282 g/mol. The van der Waals surface area contributed by atoms with Crippen LogP contribution in [0.5, 0.6) is 0 Å². The molecule has 1 rings (SSSR count). The predicted octanol–water partition coefficient (Wildman–Crippen LogP) is 1.40. The van der Waals surface area contributed by atoms with Gasteiger partial charge in [-0.15, -0.1) is 0 Å². The minimum absolute atomic E-state index is 0.0366. The molecule has 0 aliphatic rings. The SMILES string of the molecule is CC(CNC(=O)CN(C)c1ccc(Cl)cn1)CC(=O)O. The van der Waals surface area contributed by atoms with E-state index >= 15 is 0 Å². The van der Waals surface area contributed by atoms with Gasteiger partial charge in [-0.25, -0.2) is 4.98 Å². The maximum atomic E-state index is 11.7. The zero-order valence-corrected chi connectivity index (χ0v) is 12.2. The van der Waals surface area contributed by atoms with E-state index in [2.05, 4.69) is 10.3 Å². The molecule has 6 nitrogen and oxygen atoms in total. The van der Waals surface area contributed by atoms with Crippen LogP contribution in [0.25, 0.3) is 0 Å². The number of nitrogens with one attached hydrogen (secondary N) is 1. The topological polar surface area (TPSA) is 82.5 Å². The number of pyridine rings is 1. The molecule has 1 aromatic heterocycles. The molecule has 0 saturated carbocycles. The average Bonchev–Trinajstić information content (AvgIpc) is 2.36. The first-order chi connectivity index (χ1) is 9.38. The number of hydrogen-bond acceptors (Lipinski definition) is 4. The summed E-state index contributed by atoms with van der Waals surface area (Å²) in [6.45, 7) is 2.26. The van der Waals surface area contributed by atoms with Gasteiger partial charge in [0.1, 0.15) is 5.82 Å². The third-order valence-corrected chi connectivity index (χ3v) is 2.88. The minimum atomic E-state index is -0.866. The van der Waals surface area contributed by atoms with Crippen LogP contribution in [0.4, 0.5) is 5.82 Å². The molecule has 1 unspecified atom stereocenters. The van der Waals surface area contributed by atoms with E-state index in [-0.39, 0.29) is 24.8 Å². The van der Waals surface area contributed by atoms with Crippen molar-refractivity contribution in [3.63, 3.8) is 0 Å². The number of nitrogens with zero attached hydrogens (tertiary/aromatic N) is 2. The van der Waals surface area contributed by atoms with Gasteiger partial charge < -0.3 is 15.3 Å². The van der Waals surface area contributed by atoms with E-state index in [4.69, 9.17) is 16.7 Å². The van der Waals surface area contributed by atoms with Crippen LogP contribution in [0, 0.1) is 5.92 Å². The molecule has 0 aliphatic carbocycles. The third kappa shape index (κ3) is 5.88. The second-order valence-electron chi connectivity index (χ2n) is 4.70. The number of halogens is 1. The van der Waals surface area contributed by atoms with Crippen LogP contribution in [0.2, 0.25) is 5.02 Å².